The normalized spacial score (nSPS) is 12.0. The van der Waals surface area contributed by atoms with Gasteiger partial charge in [-0.3, -0.25) is 9.59 Å². The van der Waals surface area contributed by atoms with Gasteiger partial charge < -0.3 is 10.1 Å². The number of hydrogen-bond acceptors (Lipinski definition) is 5. The van der Waals surface area contributed by atoms with Crippen LogP contribution in [-0.4, -0.2) is 34.3 Å². The maximum atomic E-state index is 12.0. The zero-order chi connectivity index (χ0) is 18.8. The Morgan fingerprint density at radius 3 is 2.60 bits per heavy atom. The van der Waals surface area contributed by atoms with Crippen molar-refractivity contribution in [2.45, 2.75) is 66.0 Å². The molecule has 1 unspecified atom stereocenters. The molecule has 1 atom stereocenters. The molecule has 0 spiro atoms. The average molecular weight is 351 g/mol. The number of hydrogen-bond donors (Lipinski definition) is 1. The van der Waals surface area contributed by atoms with Gasteiger partial charge >= 0.3 is 5.97 Å². The van der Waals surface area contributed by atoms with Crippen molar-refractivity contribution in [3.8, 4) is 0 Å². The number of rotatable bonds is 10. The van der Waals surface area contributed by atoms with E-state index < -0.39 is 5.97 Å². The lowest BCUT2D eigenvalue weighted by Gasteiger charge is -2.14. The summed E-state index contributed by atoms with van der Waals surface area (Å²) in [5.74, 6) is -0.410. The van der Waals surface area contributed by atoms with E-state index >= 15 is 0 Å². The van der Waals surface area contributed by atoms with Crippen LogP contribution in [0.15, 0.2) is 16.9 Å². The molecule has 25 heavy (non-hydrogen) atoms. The predicted molar refractivity (Wildman–Crippen MR) is 95.4 cm³/mol. The minimum atomic E-state index is -0.715. The van der Waals surface area contributed by atoms with Gasteiger partial charge in [0.25, 0.3) is 11.5 Å². The van der Waals surface area contributed by atoms with Gasteiger partial charge in [0.05, 0.1) is 0 Å². The van der Waals surface area contributed by atoms with Crippen molar-refractivity contribution in [3.05, 3.63) is 28.2 Å². The molecule has 7 heteroatoms. The molecule has 0 bridgehead atoms. The third kappa shape index (κ3) is 7.96. The van der Waals surface area contributed by atoms with Crippen LogP contribution in [0, 0.1) is 5.92 Å². The Bertz CT molecular complexity index is 625. The zero-order valence-corrected chi connectivity index (χ0v) is 15.6. The molecule has 1 heterocycles. The van der Waals surface area contributed by atoms with Crippen LogP contribution in [-0.2, 0) is 16.1 Å². The number of nitrogens with zero attached hydrogens (tertiary/aromatic N) is 2. The van der Waals surface area contributed by atoms with Gasteiger partial charge in [-0.05, 0) is 31.7 Å². The number of ether oxygens (including phenoxy) is 1. The maximum Gasteiger partial charge on any atom is 0.359 e. The average Bonchev–Trinajstić information content (AvgIpc) is 2.54. The van der Waals surface area contributed by atoms with Crippen LogP contribution in [0.5, 0.6) is 0 Å². The molecule has 1 aromatic heterocycles. The molecule has 0 saturated heterocycles. The zero-order valence-electron chi connectivity index (χ0n) is 15.6. The summed E-state index contributed by atoms with van der Waals surface area (Å²) in [4.78, 5) is 35.4. The first kappa shape index (κ1) is 20.9. The van der Waals surface area contributed by atoms with Crippen LogP contribution in [0.3, 0.4) is 0 Å². The molecule has 0 aliphatic heterocycles. The number of esters is 1. The van der Waals surface area contributed by atoms with Crippen molar-refractivity contribution in [1.82, 2.24) is 15.1 Å². The molecular formula is C18H29N3O4. The van der Waals surface area contributed by atoms with E-state index in [1.807, 2.05) is 13.8 Å². The Balaban J connectivity index is 2.44. The van der Waals surface area contributed by atoms with Crippen LogP contribution < -0.4 is 10.9 Å². The standard InChI is InChI=1S/C18H29N3O4/c1-5-11-21-17(23)10-9-15(20-21)18(24)25-12-16(22)19-14(4)8-6-7-13(2)3/h9-10,13-14H,5-8,11-12H2,1-4H3,(H,19,22). The van der Waals surface area contributed by atoms with Gasteiger partial charge in [0.15, 0.2) is 12.3 Å². The molecule has 1 aromatic rings. The highest BCUT2D eigenvalue weighted by Gasteiger charge is 2.14. The molecule has 0 saturated carbocycles. The maximum absolute atomic E-state index is 12.0. The molecule has 0 aromatic carbocycles. The first-order valence-electron chi connectivity index (χ1n) is 8.88. The van der Waals surface area contributed by atoms with Gasteiger partial charge in [0.1, 0.15) is 0 Å². The highest BCUT2D eigenvalue weighted by molar-refractivity contribution is 5.89. The summed E-state index contributed by atoms with van der Waals surface area (Å²) in [6, 6.07) is 2.62. The second-order valence-corrected chi connectivity index (χ2v) is 6.65. The highest BCUT2D eigenvalue weighted by atomic mass is 16.5. The van der Waals surface area contributed by atoms with Crippen LogP contribution in [0.25, 0.3) is 0 Å². The number of aryl methyl sites for hydroxylation is 1. The Labute approximate surface area is 148 Å². The van der Waals surface area contributed by atoms with Gasteiger partial charge in [0.2, 0.25) is 0 Å². The lowest BCUT2D eigenvalue weighted by atomic mass is 10.0. The minimum Gasteiger partial charge on any atom is -0.451 e. The van der Waals surface area contributed by atoms with E-state index in [1.54, 1.807) is 0 Å². The molecule has 0 aliphatic rings. The van der Waals surface area contributed by atoms with Gasteiger partial charge in [-0.1, -0.05) is 33.6 Å². The van der Waals surface area contributed by atoms with Gasteiger partial charge in [0, 0.05) is 18.7 Å². The molecular weight excluding hydrogens is 322 g/mol. The van der Waals surface area contributed by atoms with Crippen molar-refractivity contribution >= 4 is 11.9 Å². The molecule has 0 fully saturated rings. The summed E-state index contributed by atoms with van der Waals surface area (Å²) in [5, 5.41) is 6.77. The van der Waals surface area contributed by atoms with Crippen LogP contribution in [0.1, 0.15) is 63.9 Å². The lowest BCUT2D eigenvalue weighted by Crippen LogP contribution is -2.36. The second kappa shape index (κ2) is 10.6. The number of carbonyl (C=O) groups excluding carboxylic acids is 2. The SMILES string of the molecule is CCCn1nc(C(=O)OCC(=O)NC(C)CCCC(C)C)ccc1=O. The fourth-order valence-electron chi connectivity index (χ4n) is 2.36. The monoisotopic (exact) mass is 351 g/mol. The van der Waals surface area contributed by atoms with Crippen molar-refractivity contribution < 1.29 is 14.3 Å². The van der Waals surface area contributed by atoms with Crippen molar-refractivity contribution in [3.63, 3.8) is 0 Å². The predicted octanol–water partition coefficient (Wildman–Crippen LogP) is 2.14. The van der Waals surface area contributed by atoms with Crippen molar-refractivity contribution in [2.75, 3.05) is 6.61 Å². The summed E-state index contributed by atoms with van der Waals surface area (Å²) in [7, 11) is 0. The first-order valence-corrected chi connectivity index (χ1v) is 8.88. The fraction of sp³-hybridized carbons (Fsp3) is 0.667. The van der Waals surface area contributed by atoms with Gasteiger partial charge in [-0.2, -0.15) is 5.10 Å². The number of aromatic nitrogens is 2. The number of amides is 1. The molecule has 140 valence electrons. The second-order valence-electron chi connectivity index (χ2n) is 6.65. The molecule has 7 nitrogen and oxygen atoms in total. The first-order chi connectivity index (χ1) is 11.8. The number of carbonyl (C=O) groups is 2. The number of nitrogens with one attached hydrogen (secondary N) is 1. The van der Waals surface area contributed by atoms with Crippen LogP contribution >= 0.6 is 0 Å². The molecule has 1 rings (SSSR count). The summed E-state index contributed by atoms with van der Waals surface area (Å²) >= 11 is 0. The van der Waals surface area contributed by atoms with Crippen LogP contribution in [0.2, 0.25) is 0 Å². The summed E-state index contributed by atoms with van der Waals surface area (Å²) in [6.07, 6.45) is 3.78. The summed E-state index contributed by atoms with van der Waals surface area (Å²) in [5.41, 5.74) is -0.253. The largest absolute Gasteiger partial charge is 0.451 e. The van der Waals surface area contributed by atoms with E-state index in [-0.39, 0.29) is 29.8 Å². The van der Waals surface area contributed by atoms with Crippen molar-refractivity contribution in [2.24, 2.45) is 5.92 Å². The van der Waals surface area contributed by atoms with Gasteiger partial charge in [-0.15, -0.1) is 0 Å². The molecule has 0 radical (unpaired) electrons. The topological polar surface area (TPSA) is 90.3 Å². The van der Waals surface area contributed by atoms with E-state index in [1.165, 1.54) is 16.8 Å². The van der Waals surface area contributed by atoms with E-state index in [4.69, 9.17) is 4.74 Å². The lowest BCUT2D eigenvalue weighted by molar-refractivity contribution is -0.124. The quantitative estimate of drug-likeness (QED) is 0.652. The minimum absolute atomic E-state index is 0.0193. The smallest absolute Gasteiger partial charge is 0.359 e. The van der Waals surface area contributed by atoms with E-state index in [2.05, 4.69) is 24.3 Å². The van der Waals surface area contributed by atoms with Gasteiger partial charge in [-0.25, -0.2) is 9.48 Å². The fourth-order valence-corrected chi connectivity index (χ4v) is 2.36. The molecule has 1 N–H and O–H groups in total. The third-order valence-electron chi connectivity index (χ3n) is 3.67. The molecule has 0 aliphatic carbocycles. The van der Waals surface area contributed by atoms with E-state index in [0.29, 0.717) is 12.5 Å². The highest BCUT2D eigenvalue weighted by Crippen LogP contribution is 2.08. The Hall–Kier alpha value is -2.18. The van der Waals surface area contributed by atoms with Crippen molar-refractivity contribution in [1.29, 1.82) is 0 Å². The van der Waals surface area contributed by atoms with Crippen LogP contribution in [0.4, 0.5) is 0 Å². The van der Waals surface area contributed by atoms with E-state index in [9.17, 15) is 14.4 Å². The summed E-state index contributed by atoms with van der Waals surface area (Å²) in [6.45, 7) is 8.24. The Morgan fingerprint density at radius 1 is 1.24 bits per heavy atom. The third-order valence-corrected chi connectivity index (χ3v) is 3.67. The molecule has 1 amide bonds. The summed E-state index contributed by atoms with van der Waals surface area (Å²) < 4.78 is 6.19. The Morgan fingerprint density at radius 2 is 1.96 bits per heavy atom. The van der Waals surface area contributed by atoms with E-state index in [0.717, 1.165) is 25.7 Å². The Kier molecular flexibility index (Phi) is 8.88.